The lowest BCUT2D eigenvalue weighted by Gasteiger charge is -2.43. The maximum absolute atomic E-state index is 14.3. The maximum Gasteiger partial charge on any atom is 0.416 e. The van der Waals surface area contributed by atoms with Gasteiger partial charge < -0.3 is 15.4 Å². The molecule has 1 aromatic carbocycles. The summed E-state index contributed by atoms with van der Waals surface area (Å²) in [6.45, 7) is 3.27. The number of carbonyl (C=O) groups is 4. The largest absolute Gasteiger partial charge is 0.619 e. The van der Waals surface area contributed by atoms with Gasteiger partial charge in [0.05, 0.1) is 16.8 Å². The van der Waals surface area contributed by atoms with Crippen LogP contribution in [0.25, 0.3) is 0 Å². The highest BCUT2D eigenvalue weighted by Crippen LogP contribution is 2.40. The molecule has 40 heavy (non-hydrogen) atoms. The molecule has 2 saturated heterocycles. The molecule has 1 N–H and O–H groups in total. The lowest BCUT2D eigenvalue weighted by atomic mass is 9.85. The molecule has 3 heterocycles. The molecule has 2 aromatic rings. The summed E-state index contributed by atoms with van der Waals surface area (Å²) in [6, 6.07) is 2.50. The number of likely N-dealkylation sites (N-methyl/N-ethyl adjacent to an activating group) is 1. The number of nitrogens with one attached hydrogen (secondary N) is 1. The van der Waals surface area contributed by atoms with E-state index in [0.717, 1.165) is 4.90 Å². The van der Waals surface area contributed by atoms with E-state index in [0.29, 0.717) is 28.6 Å². The zero-order valence-electron chi connectivity index (χ0n) is 21.9. The Morgan fingerprint density at radius 2 is 1.68 bits per heavy atom. The lowest BCUT2D eigenvalue weighted by molar-refractivity contribution is -0.605. The van der Waals surface area contributed by atoms with E-state index in [1.807, 2.05) is 0 Å². The van der Waals surface area contributed by atoms with E-state index in [9.17, 15) is 41.9 Å². The van der Waals surface area contributed by atoms with Gasteiger partial charge >= 0.3 is 12.2 Å². The van der Waals surface area contributed by atoms with Crippen molar-refractivity contribution in [3.63, 3.8) is 0 Å². The van der Waals surface area contributed by atoms with Crippen LogP contribution in [0.15, 0.2) is 42.7 Å². The average molecular weight is 566 g/mol. The number of alkyl halides is 3. The molecular formula is C26H27F4N5O5. The first-order valence-corrected chi connectivity index (χ1v) is 12.4. The molecule has 1 unspecified atom stereocenters. The van der Waals surface area contributed by atoms with Crippen LogP contribution >= 0.6 is 0 Å². The van der Waals surface area contributed by atoms with Crippen molar-refractivity contribution in [3.8, 4) is 0 Å². The number of carbonyl (C=O) groups excluding carboxylic acids is 4. The number of rotatable bonds is 5. The van der Waals surface area contributed by atoms with Gasteiger partial charge in [-0.3, -0.25) is 24.2 Å². The summed E-state index contributed by atoms with van der Waals surface area (Å²) < 4.78 is 54.1. The van der Waals surface area contributed by atoms with E-state index in [1.54, 1.807) is 13.8 Å². The third kappa shape index (κ3) is 5.05. The monoisotopic (exact) mass is 565 g/mol. The number of aromatic nitrogens is 1. The molecule has 2 aliphatic rings. The minimum Gasteiger partial charge on any atom is -0.619 e. The topological polar surface area (TPSA) is 117 Å². The van der Waals surface area contributed by atoms with Gasteiger partial charge in [-0.15, -0.1) is 0 Å². The minimum atomic E-state index is -4.80. The van der Waals surface area contributed by atoms with Gasteiger partial charge in [-0.2, -0.15) is 17.9 Å². The number of halogens is 4. The van der Waals surface area contributed by atoms with Crippen molar-refractivity contribution < 1.29 is 41.5 Å². The van der Waals surface area contributed by atoms with E-state index in [4.69, 9.17) is 0 Å². The van der Waals surface area contributed by atoms with Crippen molar-refractivity contribution in [2.24, 2.45) is 5.92 Å². The lowest BCUT2D eigenvalue weighted by Crippen LogP contribution is -2.60. The van der Waals surface area contributed by atoms with Crippen LogP contribution in [-0.2, 0) is 15.8 Å². The fraction of sp³-hybridized carbons (Fsp3) is 0.423. The van der Waals surface area contributed by atoms with Gasteiger partial charge in [0.25, 0.3) is 11.8 Å². The van der Waals surface area contributed by atoms with Gasteiger partial charge in [-0.05, 0) is 37.0 Å². The minimum absolute atomic E-state index is 0.0214. The summed E-state index contributed by atoms with van der Waals surface area (Å²) in [5.74, 6) is -3.88. The van der Waals surface area contributed by atoms with Crippen molar-refractivity contribution in [2.45, 2.75) is 44.4 Å². The Morgan fingerprint density at radius 3 is 2.23 bits per heavy atom. The number of amides is 5. The van der Waals surface area contributed by atoms with Gasteiger partial charge in [-0.25, -0.2) is 9.18 Å². The Bertz CT molecular complexity index is 1340. The van der Waals surface area contributed by atoms with E-state index in [1.165, 1.54) is 41.4 Å². The van der Waals surface area contributed by atoms with Crippen LogP contribution in [0.3, 0.4) is 0 Å². The summed E-state index contributed by atoms with van der Waals surface area (Å²) in [7, 11) is 1.35. The van der Waals surface area contributed by atoms with Crippen molar-refractivity contribution >= 4 is 29.4 Å². The van der Waals surface area contributed by atoms with E-state index in [2.05, 4.69) is 5.32 Å². The molecule has 0 radical (unpaired) electrons. The average Bonchev–Trinajstić information content (AvgIpc) is 3.07. The van der Waals surface area contributed by atoms with Crippen molar-refractivity contribution in [1.29, 1.82) is 0 Å². The Balaban J connectivity index is 1.53. The highest BCUT2D eigenvalue weighted by Gasteiger charge is 2.58. The van der Waals surface area contributed by atoms with E-state index in [-0.39, 0.29) is 25.9 Å². The van der Waals surface area contributed by atoms with Gasteiger partial charge in [0.15, 0.2) is 12.4 Å². The normalized spacial score (nSPS) is 18.1. The third-order valence-corrected chi connectivity index (χ3v) is 7.31. The van der Waals surface area contributed by atoms with E-state index >= 15 is 0 Å². The standard InChI is InChI=1S/C26H27F4N5O5/c1-15(2)20(31-21(36)18-14-16(26(28,29)30)4-5-19(18)27)22(37)33-12-8-25(9-13-33)23(38)32(3)24(39)35(25)17-6-10-34(40)11-7-17/h4-7,10-11,14-15,20H,8-9,12-13H2,1-3H3,(H,31,36). The first-order chi connectivity index (χ1) is 18.7. The molecular weight excluding hydrogens is 538 g/mol. The Labute approximate surface area is 226 Å². The molecule has 2 aliphatic heterocycles. The fourth-order valence-electron chi connectivity index (χ4n) is 5.08. The molecule has 0 saturated carbocycles. The number of imide groups is 1. The summed E-state index contributed by atoms with van der Waals surface area (Å²) in [4.78, 5) is 56.1. The number of urea groups is 1. The number of pyridine rings is 1. The van der Waals surface area contributed by atoms with Gasteiger partial charge in [0.1, 0.15) is 17.4 Å². The fourth-order valence-corrected chi connectivity index (χ4v) is 5.08. The molecule has 10 nitrogen and oxygen atoms in total. The molecule has 0 bridgehead atoms. The molecule has 0 aliphatic carbocycles. The number of hydrogen-bond acceptors (Lipinski definition) is 5. The molecule has 1 aromatic heterocycles. The van der Waals surface area contributed by atoms with Crippen LogP contribution < -0.4 is 14.9 Å². The highest BCUT2D eigenvalue weighted by molar-refractivity contribution is 6.16. The van der Waals surface area contributed by atoms with Crippen LogP contribution in [0, 0.1) is 16.9 Å². The second-order valence-electron chi connectivity index (χ2n) is 10.1. The number of benzene rings is 1. The zero-order valence-corrected chi connectivity index (χ0v) is 21.9. The highest BCUT2D eigenvalue weighted by atomic mass is 19.4. The van der Waals surface area contributed by atoms with Crippen LogP contribution in [0.4, 0.5) is 28.0 Å². The molecule has 5 amide bonds. The Morgan fingerprint density at radius 1 is 1.07 bits per heavy atom. The molecule has 1 atom stereocenters. The second-order valence-corrected chi connectivity index (χ2v) is 10.1. The Kier molecular flexibility index (Phi) is 7.47. The number of anilines is 1. The Hall–Kier alpha value is -4.23. The molecule has 214 valence electrons. The first kappa shape index (κ1) is 28.8. The maximum atomic E-state index is 14.3. The predicted molar refractivity (Wildman–Crippen MR) is 132 cm³/mol. The number of hydrogen-bond donors (Lipinski definition) is 1. The summed E-state index contributed by atoms with van der Waals surface area (Å²) in [5.41, 5.74) is -3.01. The quantitative estimate of drug-likeness (QED) is 0.259. The summed E-state index contributed by atoms with van der Waals surface area (Å²) in [6.07, 6.45) is -2.29. The van der Waals surface area contributed by atoms with Gasteiger partial charge in [0.2, 0.25) is 5.91 Å². The van der Waals surface area contributed by atoms with Crippen LogP contribution in [0.5, 0.6) is 0 Å². The van der Waals surface area contributed by atoms with Crippen LogP contribution in [0.2, 0.25) is 0 Å². The van der Waals surface area contributed by atoms with Gasteiger partial charge in [0, 0.05) is 32.3 Å². The van der Waals surface area contributed by atoms with E-state index < -0.39 is 64.4 Å². The molecule has 2 fully saturated rings. The van der Waals surface area contributed by atoms with Crippen molar-refractivity contribution in [2.75, 3.05) is 25.0 Å². The number of nitrogens with zero attached hydrogens (tertiary/aromatic N) is 4. The molecule has 4 rings (SSSR count). The summed E-state index contributed by atoms with van der Waals surface area (Å²) >= 11 is 0. The molecule has 14 heteroatoms. The van der Waals surface area contributed by atoms with Crippen LogP contribution in [0.1, 0.15) is 42.6 Å². The molecule has 1 spiro atoms. The van der Waals surface area contributed by atoms with Crippen molar-refractivity contribution in [3.05, 3.63) is 64.9 Å². The SMILES string of the molecule is CC(C)C(NC(=O)c1cc(C(F)(F)F)ccc1F)C(=O)N1CCC2(CC1)C(=O)N(C)C(=O)N2c1cc[n+]([O-])cc1. The van der Waals surface area contributed by atoms with Gasteiger partial charge in [-0.1, -0.05) is 13.8 Å². The first-order valence-electron chi connectivity index (χ1n) is 12.4. The van der Waals surface area contributed by atoms with Crippen LogP contribution in [-0.4, -0.2) is 65.3 Å². The second kappa shape index (κ2) is 10.4. The third-order valence-electron chi connectivity index (χ3n) is 7.31. The number of likely N-dealkylation sites (tertiary alicyclic amines) is 1. The number of piperidine rings is 1. The smallest absolute Gasteiger partial charge is 0.416 e. The zero-order chi connectivity index (χ0) is 29.6. The predicted octanol–water partition coefficient (Wildman–Crippen LogP) is 2.69. The summed E-state index contributed by atoms with van der Waals surface area (Å²) in [5, 5.41) is 13.9. The van der Waals surface area contributed by atoms with Crippen molar-refractivity contribution in [1.82, 2.24) is 15.1 Å².